The van der Waals surface area contributed by atoms with Gasteiger partial charge in [-0.15, -0.1) is 37.2 Å². The summed E-state index contributed by atoms with van der Waals surface area (Å²) in [5.41, 5.74) is -0.968. The molecule has 0 bridgehead atoms. The molecule has 10 heteroatoms. The third-order valence-electron chi connectivity index (χ3n) is 9.43. The number of nitrogens with zero attached hydrogens (tertiary/aromatic N) is 6. The smallest absolute Gasteiger partial charge is 0.147 e. The van der Waals surface area contributed by atoms with Crippen LogP contribution in [0.25, 0.3) is 0 Å². The Labute approximate surface area is 299 Å². The van der Waals surface area contributed by atoms with E-state index < -0.39 is 20.3 Å². The summed E-state index contributed by atoms with van der Waals surface area (Å²) >= 11 is 2.37. The van der Waals surface area contributed by atoms with Crippen LogP contribution in [0.3, 0.4) is 0 Å². The van der Waals surface area contributed by atoms with Crippen molar-refractivity contribution in [3.63, 3.8) is 0 Å². The van der Waals surface area contributed by atoms with Gasteiger partial charge in [0.15, 0.2) is 0 Å². The molecule has 3 aliphatic rings. The van der Waals surface area contributed by atoms with Gasteiger partial charge in [-0.3, -0.25) is 0 Å². The van der Waals surface area contributed by atoms with Gasteiger partial charge < -0.3 is 0 Å². The van der Waals surface area contributed by atoms with Crippen LogP contribution in [0.2, 0.25) is 3.72 Å². The van der Waals surface area contributed by atoms with Crippen molar-refractivity contribution >= 4 is 37.2 Å². The molecule has 3 aliphatic heterocycles. The van der Waals surface area contributed by atoms with E-state index in [1.54, 1.807) is 0 Å². The minimum atomic E-state index is -0.797. The predicted octanol–water partition coefficient (Wildman–Crippen LogP) is 12.5. The monoisotopic (exact) mass is 705 g/mol. The number of halogens is 3. The van der Waals surface area contributed by atoms with E-state index in [2.05, 4.69) is 163 Å². The van der Waals surface area contributed by atoms with Crippen LogP contribution >= 0.6 is 37.2 Å². The summed E-state index contributed by atoms with van der Waals surface area (Å²) in [6.07, 6.45) is 7.10. The van der Waals surface area contributed by atoms with Crippen molar-refractivity contribution in [1.82, 2.24) is 0 Å². The maximum Gasteiger partial charge on any atom is -0.147 e. The van der Waals surface area contributed by atoms with Crippen LogP contribution in [0.1, 0.15) is 125 Å². The molecule has 0 radical (unpaired) electrons. The molecule has 0 saturated carbocycles. The van der Waals surface area contributed by atoms with Crippen molar-refractivity contribution < 1.29 is 20.4 Å². The maximum atomic E-state index is 5.41. The van der Waals surface area contributed by atoms with Gasteiger partial charge in [0.1, 0.15) is 0 Å². The molecule has 0 aliphatic carbocycles. The quantitative estimate of drug-likeness (QED) is 0.262. The summed E-state index contributed by atoms with van der Waals surface area (Å²) in [4.78, 5) is 0. The van der Waals surface area contributed by atoms with E-state index in [1.165, 1.54) is 0 Å². The Hall–Kier alpha value is -0.396. The molecule has 3 heterocycles. The van der Waals surface area contributed by atoms with Crippen LogP contribution in [-0.4, -0.2) is 16.6 Å². The van der Waals surface area contributed by atoms with Crippen molar-refractivity contribution in [1.29, 1.82) is 0 Å². The molecule has 0 amide bonds. The Bertz CT molecular complexity index is 1120. The van der Waals surface area contributed by atoms with Gasteiger partial charge in [0, 0.05) is 0 Å². The molecular weight excluding hydrogens is 647 g/mol. The first kappa shape index (κ1) is 43.6. The number of hydrogen-bond donors (Lipinski definition) is 0. The normalized spacial score (nSPS) is 28.8. The van der Waals surface area contributed by atoms with Gasteiger partial charge in [0.25, 0.3) is 0 Å². The van der Waals surface area contributed by atoms with E-state index in [1.807, 2.05) is 0 Å². The third kappa shape index (κ3) is 6.27. The molecule has 3 atom stereocenters. The van der Waals surface area contributed by atoms with Gasteiger partial charge in [-0.1, -0.05) is 0 Å². The minimum absolute atomic E-state index is 0. The van der Waals surface area contributed by atoms with Gasteiger partial charge >= 0.3 is 264 Å². The number of azo groups is 3. The molecule has 3 rings (SSSR count). The van der Waals surface area contributed by atoms with E-state index in [4.69, 9.17) is 30.7 Å². The fourth-order valence-corrected chi connectivity index (χ4v) is 8.80. The minimum Gasteiger partial charge on any atom is -0.147 e. The topological polar surface area (TPSA) is 74.2 Å². The van der Waals surface area contributed by atoms with Gasteiger partial charge in [0.2, 0.25) is 0 Å². The Kier molecular flexibility index (Phi) is 12.1. The molecule has 0 aromatic heterocycles. The molecule has 0 aromatic carbocycles. The molecular formula is C34H60Cl3N6Ti. The van der Waals surface area contributed by atoms with E-state index in [0.29, 0.717) is 0 Å². The summed E-state index contributed by atoms with van der Waals surface area (Å²) < 4.78 is -0.786. The van der Waals surface area contributed by atoms with Gasteiger partial charge in [-0.2, -0.15) is 0 Å². The van der Waals surface area contributed by atoms with E-state index in [-0.39, 0.29) is 69.7 Å². The Morgan fingerprint density at radius 2 is 0.591 bits per heavy atom. The van der Waals surface area contributed by atoms with Gasteiger partial charge in [-0.25, -0.2) is 0 Å². The van der Waals surface area contributed by atoms with Crippen molar-refractivity contribution in [2.45, 2.75) is 145 Å². The van der Waals surface area contributed by atoms with Crippen molar-refractivity contribution in [2.75, 3.05) is 0 Å². The standard InChI is InChI=1S/C34H57N6.3ClH.Ti/c1-26(2,3)22-19-32(38-35-22,29(10,11)12)25(33(30(13,14)15)20-23(36-39-33)27(4,5)6)34(31(16,17)18)21-24(37-40-34)28(7,8)9;;;;/h19-21H,1-18H3;3*1H;. The SMILES string of the molecule is CC(C)(C)C1=CC(C(C)(C)C)([C]([Ti])(C2(C(C)(C)C)C=C(C(C)(C)C)N=N2)C2(C(C)(C)C)C=C(C(C)(C)C)N=N2)N=N1.Cl.Cl.Cl. The molecule has 0 aromatic rings. The van der Waals surface area contributed by atoms with E-state index in [0.717, 1.165) is 17.1 Å². The van der Waals surface area contributed by atoms with Crippen LogP contribution in [0.15, 0.2) is 66.0 Å². The zero-order valence-corrected chi connectivity index (χ0v) is 34.7. The Balaban J connectivity index is 0.00000616. The summed E-state index contributed by atoms with van der Waals surface area (Å²) in [5.74, 6) is 0. The first-order chi connectivity index (χ1) is 17.9. The van der Waals surface area contributed by atoms with Gasteiger partial charge in [0.05, 0.1) is 0 Å². The van der Waals surface area contributed by atoms with Crippen LogP contribution < -0.4 is 0 Å². The molecule has 251 valence electrons. The second kappa shape index (κ2) is 12.2. The number of rotatable bonds is 3. The third-order valence-corrected chi connectivity index (χ3v) is 11.2. The second-order valence-corrected chi connectivity index (χ2v) is 19.9. The van der Waals surface area contributed by atoms with Crippen molar-refractivity contribution in [3.8, 4) is 0 Å². The Morgan fingerprint density at radius 3 is 0.705 bits per heavy atom. The Morgan fingerprint density at radius 1 is 0.409 bits per heavy atom. The van der Waals surface area contributed by atoms with Crippen LogP contribution in [-0.2, 0) is 20.4 Å². The van der Waals surface area contributed by atoms with Crippen molar-refractivity contribution in [2.24, 2.45) is 63.2 Å². The zero-order chi connectivity index (χ0) is 32.1. The van der Waals surface area contributed by atoms with E-state index in [9.17, 15) is 0 Å². The maximum absolute atomic E-state index is 5.41. The van der Waals surface area contributed by atoms with Gasteiger partial charge in [-0.05, 0) is 0 Å². The summed E-state index contributed by atoms with van der Waals surface area (Å²) in [6.45, 7) is 40.6. The first-order valence-electron chi connectivity index (χ1n) is 15.2. The first-order valence-corrected chi connectivity index (χ1v) is 16.0. The molecule has 0 N–H and O–H groups in total. The number of allylic oxidation sites excluding steroid dienone is 3. The fourth-order valence-electron chi connectivity index (χ4n) is 6.47. The zero-order valence-electron chi connectivity index (χ0n) is 30.6. The summed E-state index contributed by atoms with van der Waals surface area (Å²) in [6, 6.07) is 0. The molecule has 3 unspecified atom stereocenters. The predicted molar refractivity (Wildman–Crippen MR) is 188 cm³/mol. The van der Waals surface area contributed by atoms with Crippen LogP contribution in [0, 0.1) is 32.5 Å². The molecule has 0 fully saturated rings. The number of hydrogen-bond acceptors (Lipinski definition) is 6. The van der Waals surface area contributed by atoms with Crippen LogP contribution in [0.4, 0.5) is 0 Å². The fraction of sp³-hybridized carbons (Fsp3) is 0.824. The van der Waals surface area contributed by atoms with Crippen LogP contribution in [0.5, 0.6) is 0 Å². The second-order valence-electron chi connectivity index (χ2n) is 18.7. The van der Waals surface area contributed by atoms with E-state index >= 15 is 0 Å². The van der Waals surface area contributed by atoms with Crippen molar-refractivity contribution in [3.05, 3.63) is 35.3 Å². The molecule has 6 nitrogen and oxygen atoms in total. The summed E-state index contributed by atoms with van der Waals surface area (Å²) in [5, 5.41) is 31.2. The summed E-state index contributed by atoms with van der Waals surface area (Å²) in [7, 11) is 0. The average Bonchev–Trinajstić information content (AvgIpc) is 3.48. The largest absolute Gasteiger partial charge is 0.147 e. The molecule has 0 spiro atoms. The molecule has 44 heavy (non-hydrogen) atoms. The molecule has 0 saturated heterocycles. The average molecular weight is 707 g/mol.